The Morgan fingerprint density at radius 1 is 1.37 bits per heavy atom. The van der Waals surface area contributed by atoms with E-state index in [1.807, 2.05) is 0 Å². The van der Waals surface area contributed by atoms with Crippen molar-refractivity contribution in [3.05, 3.63) is 40.1 Å². The number of para-hydroxylation sites is 1. The predicted octanol–water partition coefficient (Wildman–Crippen LogP) is 2.11. The van der Waals surface area contributed by atoms with E-state index in [2.05, 4.69) is 17.9 Å². The van der Waals surface area contributed by atoms with E-state index >= 15 is 0 Å². The number of hydrogen-bond donors (Lipinski definition) is 3. The molecule has 0 saturated heterocycles. The maximum atomic E-state index is 11.8. The first-order valence-corrected chi connectivity index (χ1v) is 6.52. The Hall–Kier alpha value is -1.91. The minimum Gasteiger partial charge on any atom is -0.481 e. The molecule has 2 N–H and O–H groups in total. The first-order chi connectivity index (χ1) is 9.04. The van der Waals surface area contributed by atoms with Crippen molar-refractivity contribution in [2.24, 2.45) is 0 Å². The third-order valence-corrected chi connectivity index (χ3v) is 3.40. The van der Waals surface area contributed by atoms with Gasteiger partial charge >= 0.3 is 5.97 Å². The third kappa shape index (κ3) is 5.07. The minimum atomic E-state index is -1.04. The monoisotopic (exact) mass is 294 g/mol. The van der Waals surface area contributed by atoms with Crippen LogP contribution in [0.15, 0.2) is 40.1 Å². The molecule has 0 fully saturated rings. The summed E-state index contributed by atoms with van der Waals surface area (Å²) in [5.74, 6) is -1.92. The number of carboxylic acid groups (broad SMARTS) is 1. The number of aliphatic carboxylic acids is 1. The van der Waals surface area contributed by atoms with Crippen molar-refractivity contribution in [1.29, 1.82) is 5.26 Å². The normalized spacial score (nSPS) is 11.2. The van der Waals surface area contributed by atoms with Crippen LogP contribution in [-0.4, -0.2) is 22.7 Å². The van der Waals surface area contributed by atoms with Crippen molar-refractivity contribution < 1.29 is 14.7 Å². The molecule has 5 nitrogen and oxygen atoms in total. The standard InChI is InChI=1S/C12H10N2O3S2/c13-6-9(12(18)19-7-10(15)16)11(17)14-8-4-2-1-3-5-8/h1-5,18H,7H2,(H,14,17)(H,15,16)/b12-9+. The summed E-state index contributed by atoms with van der Waals surface area (Å²) in [5.41, 5.74) is 0.336. The molecule has 0 unspecified atom stereocenters. The molecule has 0 atom stereocenters. The van der Waals surface area contributed by atoms with Crippen LogP contribution in [-0.2, 0) is 9.59 Å². The van der Waals surface area contributed by atoms with Gasteiger partial charge in [0.15, 0.2) is 0 Å². The highest BCUT2D eigenvalue weighted by molar-refractivity contribution is 8.16. The van der Waals surface area contributed by atoms with Gasteiger partial charge in [-0.05, 0) is 12.1 Å². The zero-order valence-electron chi connectivity index (χ0n) is 9.66. The lowest BCUT2D eigenvalue weighted by molar-refractivity contribution is -0.133. The van der Waals surface area contributed by atoms with Crippen LogP contribution >= 0.6 is 24.4 Å². The molecule has 98 valence electrons. The molecular formula is C12H10N2O3S2. The van der Waals surface area contributed by atoms with Crippen molar-refractivity contribution in [1.82, 2.24) is 0 Å². The number of anilines is 1. The van der Waals surface area contributed by atoms with Gasteiger partial charge in [-0.3, -0.25) is 9.59 Å². The average molecular weight is 294 g/mol. The molecule has 1 aromatic carbocycles. The van der Waals surface area contributed by atoms with Gasteiger partial charge < -0.3 is 10.4 Å². The van der Waals surface area contributed by atoms with E-state index < -0.39 is 11.9 Å². The highest BCUT2D eigenvalue weighted by Crippen LogP contribution is 2.24. The van der Waals surface area contributed by atoms with Crippen molar-refractivity contribution in [3.8, 4) is 6.07 Å². The molecule has 19 heavy (non-hydrogen) atoms. The molecule has 7 heteroatoms. The number of thioether (sulfide) groups is 1. The Balaban J connectivity index is 2.79. The summed E-state index contributed by atoms with van der Waals surface area (Å²) < 4.78 is 0.0818. The van der Waals surface area contributed by atoms with Gasteiger partial charge in [0, 0.05) is 5.69 Å². The maximum absolute atomic E-state index is 11.8. The number of hydrogen-bond acceptors (Lipinski definition) is 5. The van der Waals surface area contributed by atoms with Gasteiger partial charge in [-0.25, -0.2) is 0 Å². The van der Waals surface area contributed by atoms with E-state index in [0.29, 0.717) is 5.69 Å². The summed E-state index contributed by atoms with van der Waals surface area (Å²) in [6, 6.07) is 10.4. The fourth-order valence-corrected chi connectivity index (χ4v) is 2.00. The molecule has 0 radical (unpaired) electrons. The van der Waals surface area contributed by atoms with Gasteiger partial charge in [0.2, 0.25) is 0 Å². The van der Waals surface area contributed by atoms with Crippen LogP contribution < -0.4 is 5.32 Å². The maximum Gasteiger partial charge on any atom is 0.313 e. The molecule has 0 saturated carbocycles. The quantitative estimate of drug-likeness (QED) is 0.439. The molecule has 0 aliphatic heterocycles. The molecule has 0 aromatic heterocycles. The number of benzene rings is 1. The smallest absolute Gasteiger partial charge is 0.313 e. The lowest BCUT2D eigenvalue weighted by Gasteiger charge is -2.05. The van der Waals surface area contributed by atoms with Crippen molar-refractivity contribution in [2.45, 2.75) is 0 Å². The van der Waals surface area contributed by atoms with E-state index in [1.54, 1.807) is 36.4 Å². The summed E-state index contributed by atoms with van der Waals surface area (Å²) in [7, 11) is 0. The Morgan fingerprint density at radius 3 is 2.53 bits per heavy atom. The van der Waals surface area contributed by atoms with Crippen molar-refractivity contribution in [2.75, 3.05) is 11.1 Å². The number of rotatable bonds is 5. The van der Waals surface area contributed by atoms with Gasteiger partial charge in [0.1, 0.15) is 11.6 Å². The molecule has 1 aromatic rings. The number of amides is 1. The molecule has 1 rings (SSSR count). The van der Waals surface area contributed by atoms with Crippen molar-refractivity contribution in [3.63, 3.8) is 0 Å². The van der Waals surface area contributed by atoms with Crippen molar-refractivity contribution >= 4 is 42.0 Å². The molecule has 0 aliphatic carbocycles. The SMILES string of the molecule is N#C/C(C(=O)Nc1ccccc1)=C(/S)SCC(=O)O. The molecular weight excluding hydrogens is 284 g/mol. The van der Waals surface area contributed by atoms with Crippen LogP contribution in [0.3, 0.4) is 0 Å². The number of nitrogens with zero attached hydrogens (tertiary/aromatic N) is 1. The van der Waals surface area contributed by atoms with Gasteiger partial charge in [-0.1, -0.05) is 18.2 Å². The Labute approximate surface area is 119 Å². The predicted molar refractivity (Wildman–Crippen MR) is 76.8 cm³/mol. The summed E-state index contributed by atoms with van der Waals surface area (Å²) in [4.78, 5) is 22.2. The van der Waals surface area contributed by atoms with E-state index in [9.17, 15) is 9.59 Å². The number of carbonyl (C=O) groups excluding carboxylic acids is 1. The zero-order chi connectivity index (χ0) is 14.3. The Kier molecular flexibility index (Phi) is 5.99. The minimum absolute atomic E-state index is 0.0818. The van der Waals surface area contributed by atoms with Crippen LogP contribution in [0.5, 0.6) is 0 Å². The first-order valence-electron chi connectivity index (χ1n) is 5.09. The zero-order valence-corrected chi connectivity index (χ0v) is 11.4. The fourth-order valence-electron chi connectivity index (χ4n) is 1.11. The summed E-state index contributed by atoms with van der Waals surface area (Å²) in [6.45, 7) is 0. The Bertz CT molecular complexity index is 550. The van der Waals surface area contributed by atoms with E-state index in [0.717, 1.165) is 11.8 Å². The molecule has 0 heterocycles. The lowest BCUT2D eigenvalue weighted by Crippen LogP contribution is -2.14. The highest BCUT2D eigenvalue weighted by atomic mass is 32.2. The number of carboxylic acids is 1. The molecule has 0 aliphatic rings. The van der Waals surface area contributed by atoms with Crippen LogP contribution in [0.4, 0.5) is 5.69 Å². The van der Waals surface area contributed by atoms with E-state index in [4.69, 9.17) is 10.4 Å². The molecule has 1 amide bonds. The summed E-state index contributed by atoms with van der Waals surface area (Å²) in [5, 5.41) is 20.0. The van der Waals surface area contributed by atoms with Crippen LogP contribution in [0.25, 0.3) is 0 Å². The third-order valence-electron chi connectivity index (χ3n) is 1.92. The second-order valence-corrected chi connectivity index (χ2v) is 5.03. The van der Waals surface area contributed by atoms with Gasteiger partial charge in [-0.2, -0.15) is 5.26 Å². The number of carbonyl (C=O) groups is 2. The van der Waals surface area contributed by atoms with Gasteiger partial charge in [0.25, 0.3) is 5.91 Å². The lowest BCUT2D eigenvalue weighted by atomic mass is 10.3. The van der Waals surface area contributed by atoms with Gasteiger partial charge in [-0.15, -0.1) is 24.4 Å². The highest BCUT2D eigenvalue weighted by Gasteiger charge is 2.14. The second kappa shape index (κ2) is 7.51. The molecule has 0 bridgehead atoms. The molecule has 0 spiro atoms. The summed E-state index contributed by atoms with van der Waals surface area (Å²) in [6.07, 6.45) is 0. The van der Waals surface area contributed by atoms with E-state index in [-0.39, 0.29) is 15.6 Å². The summed E-state index contributed by atoms with van der Waals surface area (Å²) >= 11 is 4.80. The Morgan fingerprint density at radius 2 is 2.00 bits per heavy atom. The van der Waals surface area contributed by atoms with Crippen LogP contribution in [0, 0.1) is 11.3 Å². The van der Waals surface area contributed by atoms with Crippen LogP contribution in [0.1, 0.15) is 0 Å². The van der Waals surface area contributed by atoms with E-state index in [1.165, 1.54) is 0 Å². The second-order valence-electron chi connectivity index (χ2n) is 3.29. The average Bonchev–Trinajstić information content (AvgIpc) is 2.38. The largest absolute Gasteiger partial charge is 0.481 e. The number of nitriles is 1. The first kappa shape index (κ1) is 15.1. The van der Waals surface area contributed by atoms with Crippen LogP contribution in [0.2, 0.25) is 0 Å². The number of thiol groups is 1. The number of nitrogens with one attached hydrogen (secondary N) is 1. The topological polar surface area (TPSA) is 90.2 Å². The van der Waals surface area contributed by atoms with Gasteiger partial charge in [0.05, 0.1) is 9.99 Å². The fraction of sp³-hybridized carbons (Fsp3) is 0.0833.